The van der Waals surface area contributed by atoms with E-state index in [0.29, 0.717) is 24.5 Å². The molecule has 0 spiro atoms. The fourth-order valence-corrected chi connectivity index (χ4v) is 2.28. The summed E-state index contributed by atoms with van der Waals surface area (Å²) in [7, 11) is 0. The Labute approximate surface area is 117 Å². The average Bonchev–Trinajstić information content (AvgIpc) is 2.43. The van der Waals surface area contributed by atoms with Gasteiger partial charge in [-0.05, 0) is 31.5 Å². The van der Waals surface area contributed by atoms with Crippen molar-refractivity contribution in [3.8, 4) is 0 Å². The molecule has 1 saturated heterocycles. The van der Waals surface area contributed by atoms with Gasteiger partial charge in [-0.15, -0.1) is 0 Å². The molecule has 2 amide bonds. The topological polar surface area (TPSA) is 49.4 Å². The highest BCUT2D eigenvalue weighted by Crippen LogP contribution is 2.17. The lowest BCUT2D eigenvalue weighted by Crippen LogP contribution is -2.52. The van der Waals surface area contributed by atoms with E-state index in [-0.39, 0.29) is 11.8 Å². The first kappa shape index (κ1) is 13.9. The van der Waals surface area contributed by atoms with Crippen LogP contribution in [0.3, 0.4) is 0 Å². The number of halogens is 1. The summed E-state index contributed by atoms with van der Waals surface area (Å²) >= 11 is 5.84. The van der Waals surface area contributed by atoms with Crippen molar-refractivity contribution >= 4 is 23.4 Å². The van der Waals surface area contributed by atoms with Gasteiger partial charge in [0.15, 0.2) is 0 Å². The Kier molecular flexibility index (Phi) is 3.80. The molecule has 1 heterocycles. The molecule has 0 atom stereocenters. The number of nitrogens with one attached hydrogen (secondary N) is 1. The molecule has 1 aliphatic rings. The lowest BCUT2D eigenvalue weighted by molar-refractivity contribution is -0.137. The van der Waals surface area contributed by atoms with Crippen molar-refractivity contribution < 1.29 is 9.59 Å². The summed E-state index contributed by atoms with van der Waals surface area (Å²) in [6.07, 6.45) is 0.336. The molecular formula is C14H17ClN2O2. The highest BCUT2D eigenvalue weighted by Gasteiger charge is 2.36. The van der Waals surface area contributed by atoms with Crippen LogP contribution in [0, 0.1) is 0 Å². The van der Waals surface area contributed by atoms with Crippen molar-refractivity contribution in [1.82, 2.24) is 10.2 Å². The Morgan fingerprint density at radius 3 is 2.53 bits per heavy atom. The van der Waals surface area contributed by atoms with Crippen molar-refractivity contribution in [2.75, 3.05) is 6.54 Å². The van der Waals surface area contributed by atoms with Crippen LogP contribution in [0.4, 0.5) is 0 Å². The van der Waals surface area contributed by atoms with E-state index in [1.54, 1.807) is 30.9 Å². The van der Waals surface area contributed by atoms with Crippen molar-refractivity contribution in [1.29, 1.82) is 0 Å². The van der Waals surface area contributed by atoms with E-state index in [4.69, 9.17) is 11.6 Å². The zero-order valence-corrected chi connectivity index (χ0v) is 11.8. The summed E-state index contributed by atoms with van der Waals surface area (Å²) < 4.78 is 0. The summed E-state index contributed by atoms with van der Waals surface area (Å²) in [6.45, 7) is 4.39. The van der Waals surface area contributed by atoms with E-state index in [2.05, 4.69) is 5.32 Å². The molecule has 5 heteroatoms. The van der Waals surface area contributed by atoms with Gasteiger partial charge in [0.25, 0.3) is 0 Å². The first-order chi connectivity index (χ1) is 8.88. The summed E-state index contributed by atoms with van der Waals surface area (Å²) in [5.74, 6) is -0.148. The third-order valence-electron chi connectivity index (χ3n) is 3.17. The highest BCUT2D eigenvalue weighted by molar-refractivity contribution is 6.30. The minimum atomic E-state index is -0.847. The molecule has 4 nitrogen and oxygen atoms in total. The molecule has 2 rings (SSSR count). The quantitative estimate of drug-likeness (QED) is 0.900. The molecule has 0 aliphatic carbocycles. The SMILES string of the molecule is CC1(C)NC(=O)CCN(Cc2ccc(Cl)cc2)C1=O. The number of benzene rings is 1. The van der Waals surface area contributed by atoms with E-state index >= 15 is 0 Å². The summed E-state index contributed by atoms with van der Waals surface area (Å²) in [4.78, 5) is 25.7. The standard InChI is InChI=1S/C14H17ClN2O2/c1-14(2)13(19)17(8-7-12(18)16-14)9-10-3-5-11(15)6-4-10/h3-6H,7-9H2,1-2H3,(H,16,18). The summed E-state index contributed by atoms with van der Waals surface area (Å²) in [5, 5.41) is 3.41. The third kappa shape index (κ3) is 3.26. The van der Waals surface area contributed by atoms with Gasteiger partial charge < -0.3 is 10.2 Å². The average molecular weight is 281 g/mol. The van der Waals surface area contributed by atoms with E-state index < -0.39 is 5.54 Å². The molecule has 102 valence electrons. The minimum absolute atomic E-state index is 0.0618. The van der Waals surface area contributed by atoms with E-state index in [1.165, 1.54) is 0 Å². The van der Waals surface area contributed by atoms with E-state index in [1.807, 2.05) is 12.1 Å². The zero-order valence-electron chi connectivity index (χ0n) is 11.1. The van der Waals surface area contributed by atoms with Gasteiger partial charge in [-0.2, -0.15) is 0 Å². The van der Waals surface area contributed by atoms with Crippen LogP contribution in [0.2, 0.25) is 5.02 Å². The summed E-state index contributed by atoms with van der Waals surface area (Å²) in [5.41, 5.74) is 0.155. The molecule has 19 heavy (non-hydrogen) atoms. The van der Waals surface area contributed by atoms with Gasteiger partial charge in [-0.25, -0.2) is 0 Å². The number of nitrogens with zero attached hydrogens (tertiary/aromatic N) is 1. The first-order valence-corrected chi connectivity index (χ1v) is 6.61. The second kappa shape index (κ2) is 5.21. The molecule has 1 aromatic carbocycles. The van der Waals surface area contributed by atoms with Crippen LogP contribution in [0.5, 0.6) is 0 Å². The van der Waals surface area contributed by atoms with Crippen LogP contribution in [-0.4, -0.2) is 28.8 Å². The molecular weight excluding hydrogens is 264 g/mol. The lowest BCUT2D eigenvalue weighted by atomic mass is 10.0. The normalized spacial score (nSPS) is 19.0. The van der Waals surface area contributed by atoms with Crippen molar-refractivity contribution in [3.63, 3.8) is 0 Å². The third-order valence-corrected chi connectivity index (χ3v) is 3.42. The van der Waals surface area contributed by atoms with Crippen LogP contribution in [0.1, 0.15) is 25.8 Å². The molecule has 0 aromatic heterocycles. The maximum atomic E-state index is 12.4. The second-order valence-electron chi connectivity index (χ2n) is 5.28. The maximum absolute atomic E-state index is 12.4. The fraction of sp³-hybridized carbons (Fsp3) is 0.429. The predicted molar refractivity (Wildman–Crippen MR) is 73.7 cm³/mol. The smallest absolute Gasteiger partial charge is 0.248 e. The number of carbonyl (C=O) groups is 2. The number of hydrogen-bond acceptors (Lipinski definition) is 2. The fourth-order valence-electron chi connectivity index (χ4n) is 2.16. The van der Waals surface area contributed by atoms with Gasteiger partial charge in [0.2, 0.25) is 11.8 Å². The van der Waals surface area contributed by atoms with Crippen LogP contribution < -0.4 is 5.32 Å². The van der Waals surface area contributed by atoms with Crippen LogP contribution in [0.25, 0.3) is 0 Å². The van der Waals surface area contributed by atoms with E-state index in [9.17, 15) is 9.59 Å². The second-order valence-corrected chi connectivity index (χ2v) is 5.71. The Hall–Kier alpha value is -1.55. The molecule has 1 aromatic rings. The van der Waals surface area contributed by atoms with Gasteiger partial charge in [0.1, 0.15) is 5.54 Å². The molecule has 0 bridgehead atoms. The first-order valence-electron chi connectivity index (χ1n) is 6.23. The molecule has 1 N–H and O–H groups in total. The number of carbonyl (C=O) groups excluding carboxylic acids is 2. The predicted octanol–water partition coefficient (Wildman–Crippen LogP) is 1.97. The number of rotatable bonds is 2. The van der Waals surface area contributed by atoms with Gasteiger partial charge >= 0.3 is 0 Å². The monoisotopic (exact) mass is 280 g/mol. The minimum Gasteiger partial charge on any atom is -0.342 e. The maximum Gasteiger partial charge on any atom is 0.248 e. The lowest BCUT2D eigenvalue weighted by Gasteiger charge is -2.28. The number of amides is 2. The zero-order chi connectivity index (χ0) is 14.0. The van der Waals surface area contributed by atoms with E-state index in [0.717, 1.165) is 5.56 Å². The van der Waals surface area contributed by atoms with Crippen molar-refractivity contribution in [2.45, 2.75) is 32.4 Å². The molecule has 1 aliphatic heterocycles. The van der Waals surface area contributed by atoms with Gasteiger partial charge in [0, 0.05) is 24.5 Å². The summed E-state index contributed by atoms with van der Waals surface area (Å²) in [6, 6.07) is 7.38. The Morgan fingerprint density at radius 1 is 1.26 bits per heavy atom. The Bertz CT molecular complexity index is 497. The molecule has 0 unspecified atom stereocenters. The largest absolute Gasteiger partial charge is 0.342 e. The van der Waals surface area contributed by atoms with Gasteiger partial charge in [0.05, 0.1) is 0 Å². The highest BCUT2D eigenvalue weighted by atomic mass is 35.5. The van der Waals surface area contributed by atoms with Crippen LogP contribution in [-0.2, 0) is 16.1 Å². The molecule has 0 radical (unpaired) electrons. The van der Waals surface area contributed by atoms with Crippen molar-refractivity contribution in [2.24, 2.45) is 0 Å². The molecule has 1 fully saturated rings. The Morgan fingerprint density at radius 2 is 1.89 bits per heavy atom. The van der Waals surface area contributed by atoms with Gasteiger partial charge in [-0.1, -0.05) is 23.7 Å². The van der Waals surface area contributed by atoms with Gasteiger partial charge in [-0.3, -0.25) is 9.59 Å². The molecule has 0 saturated carbocycles. The Balaban J connectivity index is 2.16. The van der Waals surface area contributed by atoms with Crippen molar-refractivity contribution in [3.05, 3.63) is 34.9 Å². The number of hydrogen-bond donors (Lipinski definition) is 1. The van der Waals surface area contributed by atoms with Crippen LogP contribution >= 0.6 is 11.6 Å². The van der Waals surface area contributed by atoms with Crippen LogP contribution in [0.15, 0.2) is 24.3 Å².